The van der Waals surface area contributed by atoms with Crippen LogP contribution in [0.4, 0.5) is 11.5 Å². The highest BCUT2D eigenvalue weighted by Gasteiger charge is 2.54. The molecule has 2 N–H and O–H groups in total. The summed E-state index contributed by atoms with van der Waals surface area (Å²) >= 11 is 0. The van der Waals surface area contributed by atoms with Crippen LogP contribution < -0.4 is 10.6 Å². The third-order valence-corrected chi connectivity index (χ3v) is 4.91. The maximum Gasteiger partial charge on any atom is 0.240 e. The number of hydrogen-bond donors (Lipinski definition) is 2. The van der Waals surface area contributed by atoms with E-state index in [1.807, 2.05) is 45.9 Å². The van der Waals surface area contributed by atoms with Gasteiger partial charge in [-0.25, -0.2) is 4.68 Å². The summed E-state index contributed by atoms with van der Waals surface area (Å²) in [5, 5.41) is 10.4. The molecular formula is C18H20N4O2. The van der Waals surface area contributed by atoms with Gasteiger partial charge in [0.2, 0.25) is 11.8 Å². The number of nitrogens with zero attached hydrogens (tertiary/aromatic N) is 2. The van der Waals surface area contributed by atoms with Gasteiger partial charge in [-0.05, 0) is 38.8 Å². The van der Waals surface area contributed by atoms with Gasteiger partial charge in [-0.2, -0.15) is 5.10 Å². The highest BCUT2D eigenvalue weighted by Crippen LogP contribution is 2.51. The van der Waals surface area contributed by atoms with Crippen molar-refractivity contribution in [1.82, 2.24) is 9.78 Å². The third-order valence-electron chi connectivity index (χ3n) is 4.91. The van der Waals surface area contributed by atoms with E-state index in [1.54, 1.807) is 10.9 Å². The SMILES string of the molecule is Cc1cccc2c1NC(=O)C21CC(=O)Nc2c1cnn2C(C)(C)C. The van der Waals surface area contributed by atoms with Crippen LogP contribution in [0.1, 0.15) is 43.9 Å². The van der Waals surface area contributed by atoms with E-state index in [0.717, 1.165) is 22.4 Å². The predicted octanol–water partition coefficient (Wildman–Crippen LogP) is 2.53. The van der Waals surface area contributed by atoms with E-state index in [1.165, 1.54) is 0 Å². The first-order chi connectivity index (χ1) is 11.2. The zero-order valence-electron chi connectivity index (χ0n) is 14.2. The largest absolute Gasteiger partial charge is 0.324 e. The van der Waals surface area contributed by atoms with Crippen molar-refractivity contribution >= 4 is 23.3 Å². The summed E-state index contributed by atoms with van der Waals surface area (Å²) < 4.78 is 1.78. The Kier molecular flexibility index (Phi) is 2.78. The Morgan fingerprint density at radius 1 is 1.17 bits per heavy atom. The predicted molar refractivity (Wildman–Crippen MR) is 91.1 cm³/mol. The molecule has 0 bridgehead atoms. The van der Waals surface area contributed by atoms with E-state index in [9.17, 15) is 9.59 Å². The lowest BCUT2D eigenvalue weighted by atomic mass is 9.71. The summed E-state index contributed by atoms with van der Waals surface area (Å²) in [7, 11) is 0. The van der Waals surface area contributed by atoms with Gasteiger partial charge in [0.15, 0.2) is 0 Å². The van der Waals surface area contributed by atoms with E-state index in [0.29, 0.717) is 5.82 Å². The summed E-state index contributed by atoms with van der Waals surface area (Å²) in [5.74, 6) is 0.289. The number of carbonyl (C=O) groups is 2. The first-order valence-electron chi connectivity index (χ1n) is 8.05. The van der Waals surface area contributed by atoms with Crippen molar-refractivity contribution in [3.05, 3.63) is 41.1 Å². The van der Waals surface area contributed by atoms with Crippen LogP contribution in [0.3, 0.4) is 0 Å². The quantitative estimate of drug-likeness (QED) is 0.782. The number of para-hydroxylation sites is 1. The fraction of sp³-hybridized carbons (Fsp3) is 0.389. The van der Waals surface area contributed by atoms with E-state index >= 15 is 0 Å². The van der Waals surface area contributed by atoms with Gasteiger partial charge in [0.25, 0.3) is 0 Å². The van der Waals surface area contributed by atoms with E-state index < -0.39 is 5.41 Å². The molecule has 24 heavy (non-hydrogen) atoms. The van der Waals surface area contributed by atoms with Gasteiger partial charge < -0.3 is 10.6 Å². The maximum absolute atomic E-state index is 13.0. The Bertz CT molecular complexity index is 891. The van der Waals surface area contributed by atoms with Crippen LogP contribution in [0.15, 0.2) is 24.4 Å². The summed E-state index contributed by atoms with van der Waals surface area (Å²) in [6.07, 6.45) is 1.81. The monoisotopic (exact) mass is 324 g/mol. The summed E-state index contributed by atoms with van der Waals surface area (Å²) in [6, 6.07) is 5.81. The molecule has 6 heteroatoms. The molecule has 4 rings (SSSR count). The van der Waals surface area contributed by atoms with Crippen LogP contribution in [-0.4, -0.2) is 21.6 Å². The van der Waals surface area contributed by atoms with Gasteiger partial charge in [-0.1, -0.05) is 18.2 Å². The molecule has 1 atom stereocenters. The van der Waals surface area contributed by atoms with Gasteiger partial charge in [0, 0.05) is 17.7 Å². The average molecular weight is 324 g/mol. The molecule has 1 aromatic carbocycles. The zero-order valence-corrected chi connectivity index (χ0v) is 14.2. The lowest BCUT2D eigenvalue weighted by Crippen LogP contribution is -2.44. The molecule has 124 valence electrons. The van der Waals surface area contributed by atoms with Crippen molar-refractivity contribution in [3.63, 3.8) is 0 Å². The normalized spacial score (nSPS) is 22.2. The molecule has 0 fully saturated rings. The second-order valence-corrected chi connectivity index (χ2v) is 7.57. The fourth-order valence-electron chi connectivity index (χ4n) is 3.78. The number of amides is 2. The van der Waals surface area contributed by atoms with Gasteiger partial charge >= 0.3 is 0 Å². The first kappa shape index (κ1) is 14.9. The van der Waals surface area contributed by atoms with Crippen LogP contribution in [0.5, 0.6) is 0 Å². The molecule has 2 amide bonds. The van der Waals surface area contributed by atoms with Crippen molar-refractivity contribution in [3.8, 4) is 0 Å². The van der Waals surface area contributed by atoms with Gasteiger partial charge in [0.05, 0.1) is 11.7 Å². The number of hydrogen-bond acceptors (Lipinski definition) is 3. The molecule has 2 aliphatic rings. The van der Waals surface area contributed by atoms with Crippen LogP contribution >= 0.6 is 0 Å². The van der Waals surface area contributed by atoms with E-state index in [2.05, 4.69) is 15.7 Å². The van der Waals surface area contributed by atoms with Crippen molar-refractivity contribution in [2.24, 2.45) is 0 Å². The maximum atomic E-state index is 13.0. The smallest absolute Gasteiger partial charge is 0.240 e. The second-order valence-electron chi connectivity index (χ2n) is 7.57. The van der Waals surface area contributed by atoms with Crippen LogP contribution in [-0.2, 0) is 20.5 Å². The summed E-state index contributed by atoms with van der Waals surface area (Å²) in [5.41, 5.74) is 2.13. The van der Waals surface area contributed by atoms with Gasteiger partial charge in [0.1, 0.15) is 11.2 Å². The van der Waals surface area contributed by atoms with Crippen molar-refractivity contribution in [2.45, 2.75) is 45.1 Å². The Morgan fingerprint density at radius 2 is 1.92 bits per heavy atom. The van der Waals surface area contributed by atoms with Gasteiger partial charge in [-0.15, -0.1) is 0 Å². The molecular weight excluding hydrogens is 304 g/mol. The van der Waals surface area contributed by atoms with Crippen molar-refractivity contribution < 1.29 is 9.59 Å². The number of aromatic nitrogens is 2. The number of aryl methyl sites for hydroxylation is 1. The van der Waals surface area contributed by atoms with Crippen LogP contribution in [0.2, 0.25) is 0 Å². The lowest BCUT2D eigenvalue weighted by Gasteiger charge is -2.33. The van der Waals surface area contributed by atoms with Crippen LogP contribution in [0.25, 0.3) is 0 Å². The molecule has 1 spiro atoms. The van der Waals surface area contributed by atoms with Gasteiger partial charge in [-0.3, -0.25) is 9.59 Å². The summed E-state index contributed by atoms with van der Waals surface area (Å²) in [6.45, 7) is 8.00. The number of nitrogens with one attached hydrogen (secondary N) is 2. The molecule has 0 aliphatic carbocycles. The molecule has 0 saturated heterocycles. The molecule has 0 saturated carbocycles. The number of rotatable bonds is 0. The molecule has 0 radical (unpaired) electrons. The Morgan fingerprint density at radius 3 is 2.62 bits per heavy atom. The number of carbonyl (C=O) groups excluding carboxylic acids is 2. The third kappa shape index (κ3) is 1.74. The fourth-order valence-corrected chi connectivity index (χ4v) is 3.78. The van der Waals surface area contributed by atoms with Crippen molar-refractivity contribution in [2.75, 3.05) is 10.6 Å². The Balaban J connectivity index is 2.03. The van der Waals surface area contributed by atoms with E-state index in [4.69, 9.17) is 0 Å². The molecule has 2 aliphatic heterocycles. The standard InChI is InChI=1S/C18H20N4O2/c1-10-6-5-7-11-14(10)21-16(24)18(11)8-13(23)20-15-12(18)9-19-22(15)17(2,3)4/h5-7,9H,8H2,1-4H3,(H,20,23)(H,21,24). The van der Waals surface area contributed by atoms with Crippen LogP contribution in [0, 0.1) is 6.92 Å². The molecule has 3 heterocycles. The zero-order chi connectivity index (χ0) is 17.3. The highest BCUT2D eigenvalue weighted by molar-refractivity contribution is 6.14. The number of fused-ring (bicyclic) bond motifs is 4. The summed E-state index contributed by atoms with van der Waals surface area (Å²) in [4.78, 5) is 25.5. The first-order valence-corrected chi connectivity index (χ1v) is 8.05. The minimum Gasteiger partial charge on any atom is -0.324 e. The molecule has 2 aromatic rings. The molecule has 6 nitrogen and oxygen atoms in total. The minimum atomic E-state index is -0.998. The lowest BCUT2D eigenvalue weighted by molar-refractivity contribution is -0.125. The van der Waals surface area contributed by atoms with E-state index in [-0.39, 0.29) is 23.8 Å². The second kappa shape index (κ2) is 4.47. The average Bonchev–Trinajstić information content (AvgIpc) is 3.02. The van der Waals surface area contributed by atoms with Crippen molar-refractivity contribution in [1.29, 1.82) is 0 Å². The Hall–Kier alpha value is -2.63. The number of anilines is 2. The Labute approximate surface area is 140 Å². The topological polar surface area (TPSA) is 76.0 Å². The molecule has 1 aromatic heterocycles. The minimum absolute atomic E-state index is 0.0954. The molecule has 1 unspecified atom stereocenters. The number of benzene rings is 1. The highest BCUT2D eigenvalue weighted by atomic mass is 16.2.